The van der Waals surface area contributed by atoms with Crippen LogP contribution < -0.4 is 0 Å². The van der Waals surface area contributed by atoms with Crippen LogP contribution in [0.5, 0.6) is 0 Å². The van der Waals surface area contributed by atoms with Gasteiger partial charge in [0.2, 0.25) is 5.91 Å². The zero-order valence-electron chi connectivity index (χ0n) is 7.09. The van der Waals surface area contributed by atoms with Crippen molar-refractivity contribution in [1.82, 2.24) is 4.90 Å². The van der Waals surface area contributed by atoms with Gasteiger partial charge in [-0.05, 0) is 19.0 Å². The molecule has 1 heterocycles. The van der Waals surface area contributed by atoms with Gasteiger partial charge in [-0.25, -0.2) is 0 Å². The van der Waals surface area contributed by atoms with Gasteiger partial charge in [-0.2, -0.15) is 0 Å². The monoisotopic (exact) mass is 175 g/mol. The Kier molecular flexibility index (Phi) is 2.44. The number of amides is 1. The SMILES string of the molecule is CSOC1(C)CN(C(C)=O)C1. The van der Waals surface area contributed by atoms with Crippen molar-refractivity contribution in [3.63, 3.8) is 0 Å². The maximum atomic E-state index is 10.8. The molecule has 1 amide bonds. The maximum absolute atomic E-state index is 10.8. The summed E-state index contributed by atoms with van der Waals surface area (Å²) in [6.45, 7) is 5.05. The highest BCUT2D eigenvalue weighted by atomic mass is 32.2. The summed E-state index contributed by atoms with van der Waals surface area (Å²) in [7, 11) is 0. The second-order valence-electron chi connectivity index (χ2n) is 3.07. The van der Waals surface area contributed by atoms with Crippen molar-refractivity contribution in [2.24, 2.45) is 0 Å². The van der Waals surface area contributed by atoms with Crippen LogP contribution in [0.3, 0.4) is 0 Å². The van der Waals surface area contributed by atoms with Crippen LogP contribution in [0.1, 0.15) is 13.8 Å². The zero-order valence-corrected chi connectivity index (χ0v) is 7.90. The molecule has 0 N–H and O–H groups in total. The Hall–Kier alpha value is -0.220. The summed E-state index contributed by atoms with van der Waals surface area (Å²) < 4.78 is 5.37. The first-order valence-electron chi connectivity index (χ1n) is 3.55. The third kappa shape index (κ3) is 1.87. The lowest BCUT2D eigenvalue weighted by atomic mass is 9.97. The molecule has 0 aromatic heterocycles. The standard InChI is InChI=1S/C7H13NO2S/c1-6(9)8-4-7(2,5-8)10-11-3/h4-5H2,1-3H3. The molecule has 1 aliphatic rings. The Morgan fingerprint density at radius 3 is 2.55 bits per heavy atom. The van der Waals surface area contributed by atoms with Gasteiger partial charge >= 0.3 is 0 Å². The van der Waals surface area contributed by atoms with Gasteiger partial charge in [0.25, 0.3) is 0 Å². The normalized spacial score (nSPS) is 21.2. The molecule has 1 fully saturated rings. The number of rotatable bonds is 2. The van der Waals surface area contributed by atoms with Crippen LogP contribution >= 0.6 is 12.0 Å². The van der Waals surface area contributed by atoms with Crippen LogP contribution in [-0.2, 0) is 8.98 Å². The van der Waals surface area contributed by atoms with Gasteiger partial charge in [0.1, 0.15) is 5.60 Å². The fourth-order valence-corrected chi connectivity index (χ4v) is 1.75. The molecule has 3 nitrogen and oxygen atoms in total. The molecule has 0 atom stereocenters. The molecule has 0 aliphatic carbocycles. The zero-order chi connectivity index (χ0) is 8.48. The van der Waals surface area contributed by atoms with Gasteiger partial charge in [-0.3, -0.25) is 4.79 Å². The third-order valence-corrected chi connectivity index (χ3v) is 2.35. The summed E-state index contributed by atoms with van der Waals surface area (Å²) in [6.07, 6.45) is 1.89. The van der Waals surface area contributed by atoms with Crippen molar-refractivity contribution in [2.45, 2.75) is 19.4 Å². The fraction of sp³-hybridized carbons (Fsp3) is 0.857. The Bertz CT molecular complexity index is 166. The summed E-state index contributed by atoms with van der Waals surface area (Å²) in [4.78, 5) is 12.6. The largest absolute Gasteiger partial charge is 0.337 e. The topological polar surface area (TPSA) is 29.5 Å². The second kappa shape index (κ2) is 3.03. The molecule has 1 aliphatic heterocycles. The van der Waals surface area contributed by atoms with Gasteiger partial charge in [0.05, 0.1) is 13.1 Å². The van der Waals surface area contributed by atoms with Gasteiger partial charge in [-0.15, -0.1) is 0 Å². The van der Waals surface area contributed by atoms with Crippen LogP contribution in [0.2, 0.25) is 0 Å². The minimum absolute atomic E-state index is 0.106. The predicted octanol–water partition coefficient (Wildman–Crippen LogP) is 0.902. The molecule has 64 valence electrons. The lowest BCUT2D eigenvalue weighted by molar-refractivity contribution is -0.144. The molecule has 0 radical (unpaired) electrons. The minimum atomic E-state index is -0.106. The highest BCUT2D eigenvalue weighted by Gasteiger charge is 2.41. The third-order valence-electron chi connectivity index (χ3n) is 1.78. The predicted molar refractivity (Wildman–Crippen MR) is 45.3 cm³/mol. The lowest BCUT2D eigenvalue weighted by Gasteiger charge is -2.46. The second-order valence-corrected chi connectivity index (χ2v) is 3.57. The molecular weight excluding hydrogens is 162 g/mol. The van der Waals surface area contributed by atoms with E-state index >= 15 is 0 Å². The number of carbonyl (C=O) groups excluding carboxylic acids is 1. The quantitative estimate of drug-likeness (QED) is 0.584. The molecule has 0 saturated carbocycles. The Labute approximate surface area is 71.3 Å². The van der Waals surface area contributed by atoms with Gasteiger partial charge in [0.15, 0.2) is 0 Å². The van der Waals surface area contributed by atoms with Crippen molar-refractivity contribution in [1.29, 1.82) is 0 Å². The van der Waals surface area contributed by atoms with E-state index in [-0.39, 0.29) is 11.5 Å². The van der Waals surface area contributed by atoms with Crippen LogP contribution in [0, 0.1) is 0 Å². The van der Waals surface area contributed by atoms with Gasteiger partial charge in [0, 0.05) is 13.2 Å². The highest BCUT2D eigenvalue weighted by Crippen LogP contribution is 2.27. The van der Waals surface area contributed by atoms with E-state index in [2.05, 4.69) is 0 Å². The van der Waals surface area contributed by atoms with Crippen molar-refractivity contribution in [3.05, 3.63) is 0 Å². The average Bonchev–Trinajstić information content (AvgIpc) is 1.82. The molecule has 0 spiro atoms. The Morgan fingerprint density at radius 2 is 2.18 bits per heavy atom. The molecule has 1 saturated heterocycles. The van der Waals surface area contributed by atoms with Crippen molar-refractivity contribution < 1.29 is 8.98 Å². The van der Waals surface area contributed by atoms with Gasteiger partial charge < -0.3 is 9.08 Å². The molecule has 1 rings (SSSR count). The van der Waals surface area contributed by atoms with Crippen LogP contribution in [0.4, 0.5) is 0 Å². The van der Waals surface area contributed by atoms with E-state index in [0.717, 1.165) is 13.1 Å². The van der Waals surface area contributed by atoms with E-state index in [1.54, 1.807) is 11.8 Å². The van der Waals surface area contributed by atoms with Crippen LogP contribution in [-0.4, -0.2) is 35.8 Å². The van der Waals surface area contributed by atoms with E-state index in [0.29, 0.717) is 0 Å². The first-order valence-corrected chi connectivity index (χ1v) is 4.70. The van der Waals surface area contributed by atoms with Gasteiger partial charge in [-0.1, -0.05) is 0 Å². The average molecular weight is 175 g/mol. The number of carbonyl (C=O) groups is 1. The molecule has 0 aromatic carbocycles. The molecule has 4 heteroatoms. The molecule has 0 unspecified atom stereocenters. The summed E-state index contributed by atoms with van der Waals surface area (Å²) >= 11 is 1.36. The number of likely N-dealkylation sites (tertiary alicyclic amines) is 1. The van der Waals surface area contributed by atoms with Crippen molar-refractivity contribution in [2.75, 3.05) is 19.3 Å². The van der Waals surface area contributed by atoms with E-state index in [1.807, 2.05) is 13.2 Å². The fourth-order valence-electron chi connectivity index (χ4n) is 1.24. The maximum Gasteiger partial charge on any atom is 0.219 e. The van der Waals surface area contributed by atoms with Crippen molar-refractivity contribution in [3.8, 4) is 0 Å². The number of hydrogen-bond acceptors (Lipinski definition) is 3. The van der Waals surface area contributed by atoms with E-state index in [1.165, 1.54) is 12.0 Å². The van der Waals surface area contributed by atoms with Crippen molar-refractivity contribution >= 4 is 17.9 Å². The molecule has 11 heavy (non-hydrogen) atoms. The summed E-state index contributed by atoms with van der Waals surface area (Å²) in [5, 5.41) is 0. The molecule has 0 bridgehead atoms. The van der Waals surface area contributed by atoms with E-state index in [4.69, 9.17) is 4.18 Å². The summed E-state index contributed by atoms with van der Waals surface area (Å²) in [5.74, 6) is 0.132. The lowest BCUT2D eigenvalue weighted by Crippen LogP contribution is -2.61. The Balaban J connectivity index is 2.31. The smallest absolute Gasteiger partial charge is 0.219 e. The summed E-state index contributed by atoms with van der Waals surface area (Å²) in [5.41, 5.74) is -0.106. The molecule has 0 aromatic rings. The van der Waals surface area contributed by atoms with E-state index < -0.39 is 0 Å². The van der Waals surface area contributed by atoms with Crippen LogP contribution in [0.15, 0.2) is 0 Å². The first-order chi connectivity index (χ1) is 5.07. The first kappa shape index (κ1) is 8.87. The molecular formula is C7H13NO2S. The van der Waals surface area contributed by atoms with Crippen LogP contribution in [0.25, 0.3) is 0 Å². The minimum Gasteiger partial charge on any atom is -0.337 e. The van der Waals surface area contributed by atoms with E-state index in [9.17, 15) is 4.79 Å². The number of nitrogens with zero attached hydrogens (tertiary/aromatic N) is 1. The number of hydrogen-bond donors (Lipinski definition) is 0. The summed E-state index contributed by atoms with van der Waals surface area (Å²) in [6, 6.07) is 0. The Morgan fingerprint density at radius 1 is 1.64 bits per heavy atom. The highest BCUT2D eigenvalue weighted by molar-refractivity contribution is 7.93.